The van der Waals surface area contributed by atoms with Gasteiger partial charge in [-0.25, -0.2) is 0 Å². The van der Waals surface area contributed by atoms with E-state index in [0.717, 1.165) is 0 Å². The normalized spacial score (nSPS) is 11.1. The standard InChI is InChI=1S/C15H20O/c1-9(16)7-8-15-13(5)11(3)10(2)12(4)14(15)6/h7-8,16H,1H2,2-6H3/b8-7+. The summed E-state index contributed by atoms with van der Waals surface area (Å²) >= 11 is 0. The Morgan fingerprint density at radius 1 is 0.875 bits per heavy atom. The molecule has 1 aromatic rings. The molecule has 1 aromatic carbocycles. The van der Waals surface area contributed by atoms with Crippen molar-refractivity contribution in [1.29, 1.82) is 0 Å². The Balaban J connectivity index is 3.45. The highest BCUT2D eigenvalue weighted by molar-refractivity contribution is 5.64. The summed E-state index contributed by atoms with van der Waals surface area (Å²) in [6, 6.07) is 0. The Kier molecular flexibility index (Phi) is 3.58. The number of aliphatic hydroxyl groups is 1. The van der Waals surface area contributed by atoms with Crippen LogP contribution in [0.15, 0.2) is 18.4 Å². The number of benzene rings is 1. The molecule has 0 aliphatic heterocycles. The van der Waals surface area contributed by atoms with Crippen molar-refractivity contribution in [2.45, 2.75) is 34.6 Å². The molecule has 1 N–H and O–H groups in total. The molecule has 0 aliphatic carbocycles. The highest BCUT2D eigenvalue weighted by atomic mass is 16.3. The molecule has 0 saturated carbocycles. The molecule has 0 unspecified atom stereocenters. The molecule has 0 saturated heterocycles. The number of allylic oxidation sites excluding steroid dienone is 1. The van der Waals surface area contributed by atoms with Crippen molar-refractivity contribution in [2.24, 2.45) is 0 Å². The van der Waals surface area contributed by atoms with Crippen molar-refractivity contribution >= 4 is 6.08 Å². The van der Waals surface area contributed by atoms with Crippen LogP contribution in [0.2, 0.25) is 0 Å². The third kappa shape index (κ3) is 2.19. The zero-order valence-electron chi connectivity index (χ0n) is 10.8. The van der Waals surface area contributed by atoms with Gasteiger partial charge in [-0.3, -0.25) is 0 Å². The Hall–Kier alpha value is -1.50. The second-order valence-corrected chi connectivity index (χ2v) is 4.36. The van der Waals surface area contributed by atoms with Gasteiger partial charge in [-0.1, -0.05) is 12.7 Å². The van der Waals surface area contributed by atoms with Gasteiger partial charge >= 0.3 is 0 Å². The number of hydrogen-bond donors (Lipinski definition) is 1. The van der Waals surface area contributed by atoms with Crippen LogP contribution in [0.25, 0.3) is 6.08 Å². The van der Waals surface area contributed by atoms with Crippen molar-refractivity contribution in [3.05, 3.63) is 51.8 Å². The molecular formula is C15H20O. The number of hydrogen-bond acceptors (Lipinski definition) is 1. The smallest absolute Gasteiger partial charge is 0.108 e. The van der Waals surface area contributed by atoms with Gasteiger partial charge in [-0.2, -0.15) is 0 Å². The van der Waals surface area contributed by atoms with Crippen molar-refractivity contribution in [3.63, 3.8) is 0 Å². The van der Waals surface area contributed by atoms with E-state index in [0.29, 0.717) is 0 Å². The summed E-state index contributed by atoms with van der Waals surface area (Å²) < 4.78 is 0. The largest absolute Gasteiger partial charge is 0.509 e. The zero-order valence-corrected chi connectivity index (χ0v) is 10.8. The third-order valence-corrected chi connectivity index (χ3v) is 3.50. The van der Waals surface area contributed by atoms with Crippen LogP contribution < -0.4 is 0 Å². The molecular weight excluding hydrogens is 196 g/mol. The molecule has 0 bridgehead atoms. The monoisotopic (exact) mass is 216 g/mol. The van der Waals surface area contributed by atoms with Crippen LogP contribution in [0.4, 0.5) is 0 Å². The van der Waals surface area contributed by atoms with Crippen LogP contribution in [0.3, 0.4) is 0 Å². The Bertz CT molecular complexity index is 436. The maximum absolute atomic E-state index is 9.11. The van der Waals surface area contributed by atoms with Gasteiger partial charge in [0.1, 0.15) is 5.76 Å². The molecule has 1 heteroatoms. The molecule has 1 rings (SSSR count). The van der Waals surface area contributed by atoms with Crippen LogP contribution in [-0.4, -0.2) is 5.11 Å². The maximum Gasteiger partial charge on any atom is 0.108 e. The molecule has 0 fully saturated rings. The van der Waals surface area contributed by atoms with Gasteiger partial charge in [0, 0.05) is 0 Å². The van der Waals surface area contributed by atoms with Crippen LogP contribution in [-0.2, 0) is 0 Å². The number of rotatable bonds is 2. The lowest BCUT2D eigenvalue weighted by molar-refractivity contribution is 0.436. The highest BCUT2D eigenvalue weighted by Crippen LogP contribution is 2.27. The van der Waals surface area contributed by atoms with E-state index in [1.807, 2.05) is 6.08 Å². The van der Waals surface area contributed by atoms with E-state index >= 15 is 0 Å². The Labute approximate surface area is 98.1 Å². The highest BCUT2D eigenvalue weighted by Gasteiger charge is 2.09. The summed E-state index contributed by atoms with van der Waals surface area (Å²) in [7, 11) is 0. The molecule has 0 spiro atoms. The van der Waals surface area contributed by atoms with Crippen LogP contribution in [0.1, 0.15) is 33.4 Å². The van der Waals surface area contributed by atoms with E-state index in [1.165, 1.54) is 33.4 Å². The molecule has 0 atom stereocenters. The lowest BCUT2D eigenvalue weighted by Crippen LogP contribution is -1.99. The second-order valence-electron chi connectivity index (χ2n) is 4.36. The molecule has 0 aliphatic rings. The molecule has 0 amide bonds. The summed E-state index contributed by atoms with van der Waals surface area (Å²) in [5.41, 5.74) is 7.75. The first-order valence-corrected chi connectivity index (χ1v) is 5.49. The Morgan fingerprint density at radius 3 is 1.62 bits per heavy atom. The van der Waals surface area contributed by atoms with E-state index in [-0.39, 0.29) is 5.76 Å². The predicted molar refractivity (Wildman–Crippen MR) is 70.9 cm³/mol. The molecule has 16 heavy (non-hydrogen) atoms. The minimum absolute atomic E-state index is 0.0923. The quantitative estimate of drug-likeness (QED) is 0.577. The van der Waals surface area contributed by atoms with Gasteiger partial charge in [0.2, 0.25) is 0 Å². The SMILES string of the molecule is C=C(O)/C=C/c1c(C)c(C)c(C)c(C)c1C. The fraction of sp³-hybridized carbons (Fsp3) is 0.333. The summed E-state index contributed by atoms with van der Waals surface area (Å²) in [5, 5.41) is 9.11. The predicted octanol–water partition coefficient (Wildman–Crippen LogP) is 4.31. The topological polar surface area (TPSA) is 20.2 Å². The van der Waals surface area contributed by atoms with Gasteiger partial charge < -0.3 is 5.11 Å². The van der Waals surface area contributed by atoms with Gasteiger partial charge in [0.15, 0.2) is 0 Å². The van der Waals surface area contributed by atoms with E-state index in [2.05, 4.69) is 41.2 Å². The minimum atomic E-state index is 0.0923. The van der Waals surface area contributed by atoms with E-state index in [1.54, 1.807) is 6.08 Å². The van der Waals surface area contributed by atoms with Crippen molar-refractivity contribution in [3.8, 4) is 0 Å². The fourth-order valence-electron chi connectivity index (χ4n) is 1.96. The molecule has 0 aromatic heterocycles. The van der Waals surface area contributed by atoms with Gasteiger partial charge in [0.25, 0.3) is 0 Å². The average Bonchev–Trinajstić information content (AvgIpc) is 2.23. The van der Waals surface area contributed by atoms with Gasteiger partial charge in [0.05, 0.1) is 0 Å². The maximum atomic E-state index is 9.11. The fourth-order valence-corrected chi connectivity index (χ4v) is 1.96. The van der Waals surface area contributed by atoms with Crippen LogP contribution in [0, 0.1) is 34.6 Å². The van der Waals surface area contributed by atoms with Crippen LogP contribution in [0.5, 0.6) is 0 Å². The van der Waals surface area contributed by atoms with Gasteiger partial charge in [-0.05, 0) is 74.1 Å². The minimum Gasteiger partial charge on any atom is -0.509 e. The lowest BCUT2D eigenvalue weighted by atomic mass is 9.89. The van der Waals surface area contributed by atoms with Crippen LogP contribution >= 0.6 is 0 Å². The third-order valence-electron chi connectivity index (χ3n) is 3.50. The summed E-state index contributed by atoms with van der Waals surface area (Å²) in [5.74, 6) is 0.0923. The molecule has 1 nitrogen and oxygen atoms in total. The molecule has 86 valence electrons. The first-order chi connectivity index (χ1) is 7.36. The first kappa shape index (κ1) is 12.6. The Morgan fingerprint density at radius 2 is 1.25 bits per heavy atom. The number of aliphatic hydroxyl groups excluding tert-OH is 1. The van der Waals surface area contributed by atoms with E-state index in [9.17, 15) is 0 Å². The zero-order chi connectivity index (χ0) is 12.5. The molecule has 0 radical (unpaired) electrons. The summed E-state index contributed by atoms with van der Waals surface area (Å²) in [4.78, 5) is 0. The van der Waals surface area contributed by atoms with Gasteiger partial charge in [-0.15, -0.1) is 0 Å². The molecule has 0 heterocycles. The van der Waals surface area contributed by atoms with Crippen molar-refractivity contribution < 1.29 is 5.11 Å². The average molecular weight is 216 g/mol. The summed E-state index contributed by atoms with van der Waals surface area (Å²) in [6.07, 6.45) is 3.58. The van der Waals surface area contributed by atoms with E-state index in [4.69, 9.17) is 5.11 Å². The van der Waals surface area contributed by atoms with E-state index < -0.39 is 0 Å². The summed E-state index contributed by atoms with van der Waals surface area (Å²) in [6.45, 7) is 14.1. The lowest BCUT2D eigenvalue weighted by Gasteiger charge is -2.16. The first-order valence-electron chi connectivity index (χ1n) is 5.49. The second kappa shape index (κ2) is 4.56. The van der Waals surface area contributed by atoms with Crippen molar-refractivity contribution in [2.75, 3.05) is 0 Å². The van der Waals surface area contributed by atoms with Crippen molar-refractivity contribution in [1.82, 2.24) is 0 Å².